The Bertz CT molecular complexity index is 473. The van der Waals surface area contributed by atoms with Crippen molar-refractivity contribution in [2.45, 2.75) is 38.8 Å². The van der Waals surface area contributed by atoms with Crippen molar-refractivity contribution in [2.75, 3.05) is 6.61 Å². The second-order valence-electron chi connectivity index (χ2n) is 5.84. The molecular weight excluding hydrogens is 266 g/mol. The van der Waals surface area contributed by atoms with Gasteiger partial charge in [0.05, 0.1) is 13.2 Å². The Hall–Kier alpha value is -1.41. The van der Waals surface area contributed by atoms with E-state index in [0.29, 0.717) is 13.2 Å². The van der Waals surface area contributed by atoms with Crippen molar-refractivity contribution in [1.29, 1.82) is 5.26 Å². The zero-order valence-electron chi connectivity index (χ0n) is 12.7. The van der Waals surface area contributed by atoms with E-state index in [0.717, 1.165) is 5.56 Å². The third kappa shape index (κ3) is 6.67. The fourth-order valence-electron chi connectivity index (χ4n) is 1.82. The molecular formula is C16H23NO2Si. The first-order valence-electron chi connectivity index (χ1n) is 6.75. The molecule has 0 radical (unpaired) electrons. The molecule has 0 aromatic heterocycles. The Balaban J connectivity index is 2.41. The Labute approximate surface area is 123 Å². The van der Waals surface area contributed by atoms with Crippen molar-refractivity contribution in [3.63, 3.8) is 0 Å². The van der Waals surface area contributed by atoms with Crippen LogP contribution in [0.5, 0.6) is 0 Å². The number of benzene rings is 1. The minimum atomic E-state index is -1.75. The highest BCUT2D eigenvalue weighted by Crippen LogP contribution is 2.18. The maximum atomic E-state index is 9.24. The van der Waals surface area contributed by atoms with Gasteiger partial charge in [-0.05, 0) is 38.2 Å². The van der Waals surface area contributed by atoms with Crippen LogP contribution in [0.4, 0.5) is 0 Å². The van der Waals surface area contributed by atoms with Gasteiger partial charge in [-0.2, -0.15) is 5.26 Å². The fourth-order valence-corrected chi connectivity index (χ4v) is 3.21. The predicted molar refractivity (Wildman–Crippen MR) is 83.7 cm³/mol. The van der Waals surface area contributed by atoms with Crippen LogP contribution in [0.25, 0.3) is 0 Å². The van der Waals surface area contributed by atoms with Crippen molar-refractivity contribution < 1.29 is 9.16 Å². The molecule has 20 heavy (non-hydrogen) atoms. The van der Waals surface area contributed by atoms with Crippen LogP contribution in [0.1, 0.15) is 12.5 Å². The van der Waals surface area contributed by atoms with Crippen LogP contribution in [-0.4, -0.2) is 20.5 Å². The highest BCUT2D eigenvalue weighted by molar-refractivity contribution is 6.69. The quantitative estimate of drug-likeness (QED) is 0.434. The summed E-state index contributed by atoms with van der Waals surface area (Å²) >= 11 is 0. The van der Waals surface area contributed by atoms with Crippen LogP contribution in [0.3, 0.4) is 0 Å². The number of nitrogens with zero attached hydrogens (tertiary/aromatic N) is 1. The lowest BCUT2D eigenvalue weighted by atomic mass is 10.1. The minimum absolute atomic E-state index is 0.473. The summed E-state index contributed by atoms with van der Waals surface area (Å²) < 4.78 is 11.4. The maximum Gasteiger partial charge on any atom is 0.186 e. The summed E-state index contributed by atoms with van der Waals surface area (Å²) in [5, 5.41) is 9.24. The second-order valence-corrected chi connectivity index (χ2v) is 10.3. The van der Waals surface area contributed by atoms with Gasteiger partial charge in [0.1, 0.15) is 6.07 Å². The molecule has 0 unspecified atom stereocenters. The average Bonchev–Trinajstić information content (AvgIpc) is 2.37. The normalized spacial score (nSPS) is 14.9. The van der Waals surface area contributed by atoms with Gasteiger partial charge < -0.3 is 9.16 Å². The summed E-state index contributed by atoms with van der Waals surface area (Å²) in [6.45, 7) is 9.05. The van der Waals surface area contributed by atoms with Crippen molar-refractivity contribution in [3.05, 3.63) is 48.0 Å². The third-order valence-corrected chi connectivity index (χ3v) is 3.54. The van der Waals surface area contributed by atoms with Crippen molar-refractivity contribution >= 4 is 8.32 Å². The van der Waals surface area contributed by atoms with Crippen LogP contribution >= 0.6 is 0 Å². The molecule has 0 fully saturated rings. The molecule has 0 aliphatic carbocycles. The molecule has 0 amide bonds. The standard InChI is InChI=1S/C16H23NO2Si/c1-16(14-17,19-20(2,3)4)11-8-12-18-13-15-9-6-5-7-10-15/h5-11H,12-13H2,1-4H3/b11-8+/t16-/m0/s1. The molecule has 0 spiro atoms. The van der Waals surface area contributed by atoms with Crippen LogP contribution in [0, 0.1) is 11.3 Å². The largest absolute Gasteiger partial charge is 0.397 e. The SMILES string of the molecule is C[C@@](C#N)(/C=C/COCc1ccccc1)O[Si](C)(C)C. The molecule has 1 atom stereocenters. The number of ether oxygens (including phenoxy) is 1. The van der Waals surface area contributed by atoms with Crippen LogP contribution in [0.2, 0.25) is 19.6 Å². The Morgan fingerprint density at radius 3 is 2.45 bits per heavy atom. The molecule has 108 valence electrons. The first-order valence-corrected chi connectivity index (χ1v) is 10.2. The topological polar surface area (TPSA) is 42.2 Å². The number of nitriles is 1. The van der Waals surface area contributed by atoms with Gasteiger partial charge in [0.25, 0.3) is 0 Å². The van der Waals surface area contributed by atoms with Crippen LogP contribution in [0.15, 0.2) is 42.5 Å². The van der Waals surface area contributed by atoms with Gasteiger partial charge in [0.15, 0.2) is 13.9 Å². The molecule has 0 aliphatic rings. The first kappa shape index (κ1) is 16.6. The molecule has 1 aromatic carbocycles. The van der Waals surface area contributed by atoms with Gasteiger partial charge in [0.2, 0.25) is 0 Å². The third-order valence-electron chi connectivity index (χ3n) is 2.50. The molecule has 0 N–H and O–H groups in total. The molecule has 0 saturated heterocycles. The molecule has 0 aliphatic heterocycles. The molecule has 1 aromatic rings. The van der Waals surface area contributed by atoms with Crippen molar-refractivity contribution in [2.24, 2.45) is 0 Å². The summed E-state index contributed by atoms with van der Waals surface area (Å²) in [5.41, 5.74) is 0.280. The van der Waals surface area contributed by atoms with Gasteiger partial charge in [-0.25, -0.2) is 0 Å². The van der Waals surface area contributed by atoms with E-state index in [-0.39, 0.29) is 0 Å². The Morgan fingerprint density at radius 2 is 1.90 bits per heavy atom. The molecule has 0 saturated carbocycles. The van der Waals surface area contributed by atoms with Gasteiger partial charge in [-0.3, -0.25) is 0 Å². The lowest BCUT2D eigenvalue weighted by Crippen LogP contribution is -2.38. The minimum Gasteiger partial charge on any atom is -0.397 e. The Morgan fingerprint density at radius 1 is 1.25 bits per heavy atom. The van der Waals surface area contributed by atoms with E-state index in [4.69, 9.17) is 9.16 Å². The smallest absolute Gasteiger partial charge is 0.186 e. The van der Waals surface area contributed by atoms with E-state index < -0.39 is 13.9 Å². The number of hydrogen-bond acceptors (Lipinski definition) is 3. The number of hydrogen-bond donors (Lipinski definition) is 0. The second kappa shape index (κ2) is 7.39. The summed E-state index contributed by atoms with van der Waals surface area (Å²) in [6, 6.07) is 12.2. The van der Waals surface area contributed by atoms with Crippen LogP contribution in [-0.2, 0) is 15.8 Å². The zero-order valence-corrected chi connectivity index (χ0v) is 13.7. The Kier molecular flexibility index (Phi) is 6.15. The molecule has 4 heteroatoms. The molecule has 3 nitrogen and oxygen atoms in total. The molecule has 1 rings (SSSR count). The highest BCUT2D eigenvalue weighted by Gasteiger charge is 2.28. The summed E-state index contributed by atoms with van der Waals surface area (Å²) in [4.78, 5) is 0. The lowest BCUT2D eigenvalue weighted by molar-refractivity contribution is 0.145. The van der Waals surface area contributed by atoms with Gasteiger partial charge in [-0.1, -0.05) is 36.4 Å². The van der Waals surface area contributed by atoms with E-state index in [1.807, 2.05) is 36.4 Å². The van der Waals surface area contributed by atoms with E-state index in [9.17, 15) is 5.26 Å². The predicted octanol–water partition coefficient (Wildman–Crippen LogP) is 3.89. The van der Waals surface area contributed by atoms with Crippen LogP contribution < -0.4 is 0 Å². The monoisotopic (exact) mass is 289 g/mol. The van der Waals surface area contributed by atoms with Crippen molar-refractivity contribution in [3.8, 4) is 6.07 Å². The average molecular weight is 289 g/mol. The van der Waals surface area contributed by atoms with E-state index in [1.165, 1.54) is 0 Å². The zero-order chi connectivity index (χ0) is 15.1. The van der Waals surface area contributed by atoms with Gasteiger partial charge in [-0.15, -0.1) is 0 Å². The fraction of sp³-hybridized carbons (Fsp3) is 0.438. The first-order chi connectivity index (χ1) is 9.35. The van der Waals surface area contributed by atoms with E-state index in [2.05, 4.69) is 25.7 Å². The molecule has 0 heterocycles. The summed E-state index contributed by atoms with van der Waals surface area (Å²) in [5.74, 6) is 0. The molecule has 0 bridgehead atoms. The highest BCUT2D eigenvalue weighted by atomic mass is 28.4. The maximum absolute atomic E-state index is 9.24. The van der Waals surface area contributed by atoms with Gasteiger partial charge in [0, 0.05) is 0 Å². The summed E-state index contributed by atoms with van der Waals surface area (Å²) in [7, 11) is -1.75. The van der Waals surface area contributed by atoms with E-state index in [1.54, 1.807) is 13.0 Å². The lowest BCUT2D eigenvalue weighted by Gasteiger charge is -2.27. The van der Waals surface area contributed by atoms with Gasteiger partial charge >= 0.3 is 0 Å². The van der Waals surface area contributed by atoms with Crippen molar-refractivity contribution in [1.82, 2.24) is 0 Å². The van der Waals surface area contributed by atoms with E-state index >= 15 is 0 Å². The number of rotatable bonds is 7. The summed E-state index contributed by atoms with van der Waals surface area (Å²) in [6.07, 6.45) is 3.64.